The summed E-state index contributed by atoms with van der Waals surface area (Å²) in [5.74, 6) is 0.607. The third-order valence-electron chi connectivity index (χ3n) is 3.93. The zero-order valence-electron chi connectivity index (χ0n) is 14.8. The van der Waals surface area contributed by atoms with Crippen molar-refractivity contribution in [2.75, 3.05) is 5.32 Å². The SMILES string of the molecule is Cc1ccc(OC(C)C(=O)Nc2c(C)cc(C)cc2C)c(C)c1. The summed E-state index contributed by atoms with van der Waals surface area (Å²) in [7, 11) is 0. The first-order chi connectivity index (χ1) is 10.8. The van der Waals surface area contributed by atoms with Crippen molar-refractivity contribution >= 4 is 11.6 Å². The van der Waals surface area contributed by atoms with Gasteiger partial charge in [-0.15, -0.1) is 0 Å². The van der Waals surface area contributed by atoms with Crippen LogP contribution >= 0.6 is 0 Å². The molecule has 23 heavy (non-hydrogen) atoms. The third kappa shape index (κ3) is 4.13. The fourth-order valence-corrected chi connectivity index (χ4v) is 2.78. The van der Waals surface area contributed by atoms with Crippen LogP contribution in [0.5, 0.6) is 5.75 Å². The van der Waals surface area contributed by atoms with Crippen molar-refractivity contribution in [1.82, 2.24) is 0 Å². The summed E-state index contributed by atoms with van der Waals surface area (Å²) in [6, 6.07) is 10.1. The number of amides is 1. The van der Waals surface area contributed by atoms with Crippen LogP contribution in [0.25, 0.3) is 0 Å². The summed E-state index contributed by atoms with van der Waals surface area (Å²) in [6.45, 7) is 11.9. The molecule has 3 nitrogen and oxygen atoms in total. The van der Waals surface area contributed by atoms with Crippen molar-refractivity contribution in [1.29, 1.82) is 0 Å². The van der Waals surface area contributed by atoms with Gasteiger partial charge in [0.25, 0.3) is 5.91 Å². The Hall–Kier alpha value is -2.29. The van der Waals surface area contributed by atoms with Crippen LogP contribution in [0.2, 0.25) is 0 Å². The highest BCUT2D eigenvalue weighted by atomic mass is 16.5. The number of ether oxygens (including phenoxy) is 1. The highest BCUT2D eigenvalue weighted by Gasteiger charge is 2.17. The minimum Gasteiger partial charge on any atom is -0.481 e. The van der Waals surface area contributed by atoms with Crippen molar-refractivity contribution < 1.29 is 9.53 Å². The molecule has 122 valence electrons. The van der Waals surface area contributed by atoms with E-state index in [9.17, 15) is 4.79 Å². The van der Waals surface area contributed by atoms with Crippen LogP contribution < -0.4 is 10.1 Å². The molecular formula is C20H25NO2. The summed E-state index contributed by atoms with van der Waals surface area (Å²) in [4.78, 5) is 12.4. The molecule has 2 aromatic carbocycles. The molecule has 0 aliphatic carbocycles. The van der Waals surface area contributed by atoms with Gasteiger partial charge in [0.1, 0.15) is 5.75 Å². The fourth-order valence-electron chi connectivity index (χ4n) is 2.78. The van der Waals surface area contributed by atoms with Gasteiger partial charge >= 0.3 is 0 Å². The lowest BCUT2D eigenvalue weighted by molar-refractivity contribution is -0.122. The molecule has 1 atom stereocenters. The molecular weight excluding hydrogens is 286 g/mol. The van der Waals surface area contributed by atoms with Gasteiger partial charge in [-0.3, -0.25) is 4.79 Å². The van der Waals surface area contributed by atoms with E-state index >= 15 is 0 Å². The Morgan fingerprint density at radius 1 is 0.913 bits per heavy atom. The zero-order valence-corrected chi connectivity index (χ0v) is 14.8. The van der Waals surface area contributed by atoms with Crippen molar-refractivity contribution in [2.24, 2.45) is 0 Å². The largest absolute Gasteiger partial charge is 0.481 e. The maximum atomic E-state index is 12.4. The summed E-state index contributed by atoms with van der Waals surface area (Å²) in [6.07, 6.45) is -0.559. The van der Waals surface area contributed by atoms with Gasteiger partial charge in [0.2, 0.25) is 0 Å². The second kappa shape index (κ2) is 6.86. The molecule has 0 heterocycles. The monoisotopic (exact) mass is 311 g/mol. The van der Waals surface area contributed by atoms with Gasteiger partial charge in [0.05, 0.1) is 0 Å². The standard InChI is InChI=1S/C20H25NO2/c1-12-7-8-18(14(3)9-12)23-17(6)20(22)21-19-15(4)10-13(2)11-16(19)5/h7-11,17H,1-6H3,(H,21,22). The first kappa shape index (κ1) is 17.1. The highest BCUT2D eigenvalue weighted by Crippen LogP contribution is 2.23. The topological polar surface area (TPSA) is 38.3 Å². The Labute approximate surface area is 138 Å². The van der Waals surface area contributed by atoms with Gasteiger partial charge in [0, 0.05) is 5.69 Å². The van der Waals surface area contributed by atoms with Crippen LogP contribution in [0.3, 0.4) is 0 Å². The van der Waals surface area contributed by atoms with Crippen molar-refractivity contribution in [3.8, 4) is 5.75 Å². The lowest BCUT2D eigenvalue weighted by atomic mass is 10.0. The summed E-state index contributed by atoms with van der Waals surface area (Å²) in [5.41, 5.74) is 6.41. The van der Waals surface area contributed by atoms with E-state index in [4.69, 9.17) is 4.74 Å². The number of rotatable bonds is 4. The molecule has 0 aliphatic rings. The number of benzene rings is 2. The molecule has 0 aromatic heterocycles. The number of nitrogens with one attached hydrogen (secondary N) is 1. The smallest absolute Gasteiger partial charge is 0.265 e. The van der Waals surface area contributed by atoms with Crippen LogP contribution in [0.4, 0.5) is 5.69 Å². The molecule has 0 spiro atoms. The predicted octanol–water partition coefficient (Wildman–Crippen LogP) is 4.63. The number of carbonyl (C=O) groups is 1. The maximum absolute atomic E-state index is 12.4. The van der Waals surface area contributed by atoms with Crippen molar-refractivity contribution in [3.63, 3.8) is 0 Å². The zero-order chi connectivity index (χ0) is 17.1. The first-order valence-electron chi connectivity index (χ1n) is 7.90. The van der Waals surface area contributed by atoms with Crippen LogP contribution in [-0.4, -0.2) is 12.0 Å². The lowest BCUT2D eigenvalue weighted by Gasteiger charge is -2.18. The Morgan fingerprint density at radius 2 is 1.48 bits per heavy atom. The van der Waals surface area contributed by atoms with E-state index in [2.05, 4.69) is 24.4 Å². The average molecular weight is 311 g/mol. The number of hydrogen-bond acceptors (Lipinski definition) is 2. The molecule has 0 saturated carbocycles. The molecule has 3 heteroatoms. The second-order valence-electron chi connectivity index (χ2n) is 6.29. The maximum Gasteiger partial charge on any atom is 0.265 e. The van der Waals surface area contributed by atoms with E-state index in [0.29, 0.717) is 0 Å². The minimum absolute atomic E-state index is 0.139. The van der Waals surface area contributed by atoms with Gasteiger partial charge in [-0.25, -0.2) is 0 Å². The van der Waals surface area contributed by atoms with E-state index in [1.807, 2.05) is 45.9 Å². The van der Waals surface area contributed by atoms with Crippen LogP contribution in [0.1, 0.15) is 34.7 Å². The second-order valence-corrected chi connectivity index (χ2v) is 6.29. The molecule has 0 bridgehead atoms. The molecule has 0 aliphatic heterocycles. The summed E-state index contributed by atoms with van der Waals surface area (Å²) >= 11 is 0. The predicted molar refractivity (Wildman–Crippen MR) is 95.3 cm³/mol. The van der Waals surface area contributed by atoms with Gasteiger partial charge in [0.15, 0.2) is 6.10 Å². The molecule has 1 unspecified atom stereocenters. The number of anilines is 1. The fraction of sp³-hybridized carbons (Fsp3) is 0.350. The molecule has 0 saturated heterocycles. The van der Waals surface area contributed by atoms with Crippen LogP contribution in [0.15, 0.2) is 30.3 Å². The van der Waals surface area contributed by atoms with Gasteiger partial charge in [-0.1, -0.05) is 35.4 Å². The Bertz CT molecular complexity index is 711. The van der Waals surface area contributed by atoms with Gasteiger partial charge < -0.3 is 10.1 Å². The Morgan fingerprint density at radius 3 is 2.04 bits per heavy atom. The summed E-state index contributed by atoms with van der Waals surface area (Å²) in [5, 5.41) is 2.99. The molecule has 0 fully saturated rings. The van der Waals surface area contributed by atoms with E-state index in [1.54, 1.807) is 6.92 Å². The first-order valence-corrected chi connectivity index (χ1v) is 7.90. The van der Waals surface area contributed by atoms with E-state index in [1.165, 1.54) is 11.1 Å². The highest BCUT2D eigenvalue weighted by molar-refractivity contribution is 5.95. The van der Waals surface area contributed by atoms with E-state index in [-0.39, 0.29) is 5.91 Å². The molecule has 0 radical (unpaired) electrons. The van der Waals surface area contributed by atoms with Crippen molar-refractivity contribution in [3.05, 3.63) is 58.1 Å². The number of aryl methyl sites for hydroxylation is 5. The molecule has 1 amide bonds. The Kier molecular flexibility index (Phi) is 5.09. The Balaban J connectivity index is 2.11. The van der Waals surface area contributed by atoms with E-state index in [0.717, 1.165) is 28.1 Å². The van der Waals surface area contributed by atoms with Crippen LogP contribution in [-0.2, 0) is 4.79 Å². The molecule has 2 rings (SSSR count). The third-order valence-corrected chi connectivity index (χ3v) is 3.93. The van der Waals surface area contributed by atoms with E-state index < -0.39 is 6.10 Å². The normalized spacial score (nSPS) is 11.9. The van der Waals surface area contributed by atoms with Crippen LogP contribution in [0, 0.1) is 34.6 Å². The minimum atomic E-state index is -0.559. The average Bonchev–Trinajstić information content (AvgIpc) is 2.45. The summed E-state index contributed by atoms with van der Waals surface area (Å²) < 4.78 is 5.83. The molecule has 2 aromatic rings. The van der Waals surface area contributed by atoms with Gasteiger partial charge in [-0.2, -0.15) is 0 Å². The van der Waals surface area contributed by atoms with Gasteiger partial charge in [-0.05, 0) is 64.3 Å². The van der Waals surface area contributed by atoms with Crippen molar-refractivity contribution in [2.45, 2.75) is 47.6 Å². The molecule has 1 N–H and O–H groups in total. The number of hydrogen-bond donors (Lipinski definition) is 1. The lowest BCUT2D eigenvalue weighted by Crippen LogP contribution is -2.30. The quantitative estimate of drug-likeness (QED) is 0.893. The number of carbonyl (C=O) groups excluding carboxylic acids is 1.